The molecule has 7 heteroatoms. The first-order chi connectivity index (χ1) is 20.8. The standard InChI is InChI=1S/C39H66N2O5/c1-15-16-17-39(32(43)45-27-21-35(7,8)40-36(9,10)22-27,33(44)46-28-23-37(11,12)41-38(13,14)24-28)20-26-18-29(25(2)3)31(42)30(19-26)34(4,5)6/h18-19,25,27-28,40-42H,15-17,20-24H2,1-14H3. The number of ether oxygens (including phenoxy) is 2. The van der Waals surface area contributed by atoms with Crippen LogP contribution in [0.25, 0.3) is 0 Å². The van der Waals surface area contributed by atoms with E-state index in [0.717, 1.165) is 23.1 Å². The molecule has 0 unspecified atom stereocenters. The second-order valence-electron chi connectivity index (χ2n) is 18.5. The molecule has 0 saturated carbocycles. The number of unbranched alkanes of at least 4 members (excludes halogenated alkanes) is 1. The lowest BCUT2D eigenvalue weighted by Crippen LogP contribution is -2.61. The first kappa shape index (κ1) is 38.3. The molecule has 0 radical (unpaired) electrons. The van der Waals surface area contributed by atoms with E-state index < -0.39 is 17.4 Å². The van der Waals surface area contributed by atoms with Crippen LogP contribution in [-0.4, -0.2) is 51.4 Å². The molecule has 0 amide bonds. The molecule has 46 heavy (non-hydrogen) atoms. The average molecular weight is 643 g/mol. The van der Waals surface area contributed by atoms with Crippen molar-refractivity contribution in [1.29, 1.82) is 0 Å². The first-order valence-electron chi connectivity index (χ1n) is 17.7. The highest BCUT2D eigenvalue weighted by Gasteiger charge is 2.52. The van der Waals surface area contributed by atoms with Crippen molar-refractivity contribution in [1.82, 2.24) is 10.6 Å². The van der Waals surface area contributed by atoms with Crippen LogP contribution in [0.15, 0.2) is 12.1 Å². The van der Waals surface area contributed by atoms with Gasteiger partial charge in [0, 0.05) is 47.8 Å². The second kappa shape index (κ2) is 13.4. The van der Waals surface area contributed by atoms with E-state index in [-0.39, 0.29) is 57.9 Å². The number of nitrogens with one attached hydrogen (secondary N) is 2. The van der Waals surface area contributed by atoms with Gasteiger partial charge in [-0.1, -0.05) is 66.5 Å². The van der Waals surface area contributed by atoms with E-state index >= 15 is 0 Å². The summed E-state index contributed by atoms with van der Waals surface area (Å²) in [6, 6.07) is 3.96. The molecule has 2 aliphatic heterocycles. The Morgan fingerprint density at radius 1 is 0.826 bits per heavy atom. The Morgan fingerprint density at radius 2 is 1.24 bits per heavy atom. The van der Waals surface area contributed by atoms with Crippen molar-refractivity contribution in [2.24, 2.45) is 5.41 Å². The van der Waals surface area contributed by atoms with Gasteiger partial charge in [-0.2, -0.15) is 0 Å². The third-order valence-electron chi connectivity index (χ3n) is 9.73. The zero-order valence-corrected chi connectivity index (χ0v) is 31.6. The molecular weight excluding hydrogens is 576 g/mol. The van der Waals surface area contributed by atoms with Crippen molar-refractivity contribution in [2.45, 2.75) is 194 Å². The molecule has 2 heterocycles. The molecule has 0 aromatic heterocycles. The van der Waals surface area contributed by atoms with Crippen molar-refractivity contribution in [3.63, 3.8) is 0 Å². The summed E-state index contributed by atoms with van der Waals surface area (Å²) in [5.74, 6) is -0.640. The fraction of sp³-hybridized carbons (Fsp3) is 0.795. The van der Waals surface area contributed by atoms with E-state index in [4.69, 9.17) is 9.47 Å². The SMILES string of the molecule is CCCCC(Cc1cc(C(C)C)c(O)c(C(C)(C)C)c1)(C(=O)OC1CC(C)(C)NC(C)(C)C1)C(=O)OC1CC(C)(C)NC(C)(C)C1. The van der Waals surface area contributed by atoms with Crippen molar-refractivity contribution < 1.29 is 24.2 Å². The molecular formula is C39H66N2O5. The fourth-order valence-electron chi connectivity index (χ4n) is 8.33. The van der Waals surface area contributed by atoms with Crippen LogP contribution in [0.3, 0.4) is 0 Å². The predicted octanol–water partition coefficient (Wildman–Crippen LogP) is 8.24. The maximum Gasteiger partial charge on any atom is 0.324 e. The molecule has 2 fully saturated rings. The molecule has 7 nitrogen and oxygen atoms in total. The van der Waals surface area contributed by atoms with E-state index in [0.29, 0.717) is 38.5 Å². The average Bonchev–Trinajstić information content (AvgIpc) is 2.82. The van der Waals surface area contributed by atoms with Crippen LogP contribution in [0, 0.1) is 5.41 Å². The molecule has 0 aliphatic carbocycles. The van der Waals surface area contributed by atoms with Gasteiger partial charge in [0.15, 0.2) is 5.41 Å². The summed E-state index contributed by atoms with van der Waals surface area (Å²) in [5.41, 5.74) is -0.294. The van der Waals surface area contributed by atoms with E-state index in [9.17, 15) is 14.7 Å². The van der Waals surface area contributed by atoms with Gasteiger partial charge in [0.1, 0.15) is 18.0 Å². The van der Waals surface area contributed by atoms with E-state index in [2.05, 4.69) is 108 Å². The van der Waals surface area contributed by atoms with Crippen molar-refractivity contribution in [3.05, 3.63) is 28.8 Å². The van der Waals surface area contributed by atoms with Gasteiger partial charge < -0.3 is 25.2 Å². The van der Waals surface area contributed by atoms with E-state index in [1.165, 1.54) is 0 Å². The predicted molar refractivity (Wildman–Crippen MR) is 187 cm³/mol. The van der Waals surface area contributed by atoms with E-state index in [1.807, 2.05) is 12.1 Å². The molecule has 262 valence electrons. The Balaban J connectivity index is 2.15. The molecule has 0 spiro atoms. The number of hydrogen-bond acceptors (Lipinski definition) is 7. The normalized spacial score (nSPS) is 21.6. The number of benzene rings is 1. The van der Waals surface area contributed by atoms with Gasteiger partial charge in [-0.05, 0) is 96.3 Å². The van der Waals surface area contributed by atoms with Crippen LogP contribution in [0.2, 0.25) is 0 Å². The van der Waals surface area contributed by atoms with Gasteiger partial charge in [0.25, 0.3) is 0 Å². The van der Waals surface area contributed by atoms with Crippen LogP contribution in [-0.2, 0) is 30.9 Å². The smallest absolute Gasteiger partial charge is 0.324 e. The van der Waals surface area contributed by atoms with Crippen molar-refractivity contribution in [3.8, 4) is 5.75 Å². The molecule has 2 aliphatic rings. The molecule has 3 N–H and O–H groups in total. The van der Waals surface area contributed by atoms with Gasteiger partial charge in [-0.3, -0.25) is 9.59 Å². The quantitative estimate of drug-likeness (QED) is 0.175. The van der Waals surface area contributed by atoms with Crippen LogP contribution in [0.5, 0.6) is 5.75 Å². The number of phenolic OH excluding ortho intramolecular Hbond substituents is 1. The topological polar surface area (TPSA) is 96.9 Å². The van der Waals surface area contributed by atoms with Gasteiger partial charge in [0.05, 0.1) is 0 Å². The number of rotatable bonds is 10. The third-order valence-corrected chi connectivity index (χ3v) is 9.73. The number of hydrogen-bond donors (Lipinski definition) is 3. The number of aromatic hydroxyl groups is 1. The highest BCUT2D eigenvalue weighted by atomic mass is 16.6. The maximum atomic E-state index is 14.8. The Morgan fingerprint density at radius 3 is 1.59 bits per heavy atom. The number of esters is 2. The fourth-order valence-corrected chi connectivity index (χ4v) is 8.33. The third kappa shape index (κ3) is 9.49. The zero-order chi connectivity index (χ0) is 35.1. The van der Waals surface area contributed by atoms with Crippen molar-refractivity contribution in [2.75, 3.05) is 0 Å². The minimum absolute atomic E-state index is 0.0587. The van der Waals surface area contributed by atoms with E-state index in [1.54, 1.807) is 0 Å². The highest BCUT2D eigenvalue weighted by molar-refractivity contribution is 6.00. The molecule has 2 saturated heterocycles. The minimum atomic E-state index is -1.52. The van der Waals surface area contributed by atoms with Crippen LogP contribution in [0.1, 0.15) is 164 Å². The Labute approximate surface area is 280 Å². The van der Waals surface area contributed by atoms with Crippen LogP contribution >= 0.6 is 0 Å². The largest absolute Gasteiger partial charge is 0.507 e. The summed E-state index contributed by atoms with van der Waals surface area (Å²) in [7, 11) is 0. The van der Waals surface area contributed by atoms with Crippen molar-refractivity contribution >= 4 is 11.9 Å². The maximum absolute atomic E-state index is 14.8. The highest BCUT2D eigenvalue weighted by Crippen LogP contribution is 2.42. The summed E-state index contributed by atoms with van der Waals surface area (Å²) < 4.78 is 12.9. The molecule has 3 rings (SSSR count). The van der Waals surface area contributed by atoms with Gasteiger partial charge >= 0.3 is 11.9 Å². The minimum Gasteiger partial charge on any atom is -0.507 e. The number of carbonyl (C=O) groups is 2. The second-order valence-corrected chi connectivity index (χ2v) is 18.5. The summed E-state index contributed by atoms with van der Waals surface area (Å²) in [4.78, 5) is 29.5. The lowest BCUT2D eigenvalue weighted by Gasteiger charge is -2.47. The summed E-state index contributed by atoms with van der Waals surface area (Å²) in [5, 5.41) is 18.7. The molecule has 0 atom stereocenters. The van der Waals surface area contributed by atoms with Gasteiger partial charge in [-0.15, -0.1) is 0 Å². The summed E-state index contributed by atoms with van der Waals surface area (Å²) >= 11 is 0. The lowest BCUT2D eigenvalue weighted by atomic mass is 9.74. The Hall–Kier alpha value is -2.12. The first-order valence-corrected chi connectivity index (χ1v) is 17.7. The number of phenols is 1. The Kier molecular flexibility index (Phi) is 11.2. The lowest BCUT2D eigenvalue weighted by molar-refractivity contribution is -0.183. The van der Waals surface area contributed by atoms with Crippen LogP contribution < -0.4 is 10.6 Å². The number of piperidine rings is 2. The Bertz CT molecular complexity index is 1170. The monoisotopic (exact) mass is 642 g/mol. The summed E-state index contributed by atoms with van der Waals surface area (Å²) in [6.45, 7) is 29.5. The number of carbonyl (C=O) groups excluding carboxylic acids is 2. The van der Waals surface area contributed by atoms with Crippen LogP contribution in [0.4, 0.5) is 0 Å². The molecule has 0 bridgehead atoms. The van der Waals surface area contributed by atoms with Gasteiger partial charge in [-0.25, -0.2) is 0 Å². The molecule has 1 aromatic rings. The summed E-state index contributed by atoms with van der Waals surface area (Å²) in [6.07, 6.45) is 3.95. The molecule has 1 aromatic carbocycles. The zero-order valence-electron chi connectivity index (χ0n) is 31.6. The van der Waals surface area contributed by atoms with Gasteiger partial charge in [0.2, 0.25) is 0 Å².